The molecule has 2 unspecified atom stereocenters. The molecule has 0 fully saturated rings. The topological polar surface area (TPSA) is 138 Å². The van der Waals surface area contributed by atoms with E-state index in [0.29, 0.717) is 22.6 Å². The largest absolute Gasteiger partial charge is 0.494 e. The molecule has 2 aromatic heterocycles. The number of nitrogens with zero attached hydrogens (tertiary/aromatic N) is 3. The van der Waals surface area contributed by atoms with E-state index in [4.69, 9.17) is 15.9 Å². The van der Waals surface area contributed by atoms with Crippen molar-refractivity contribution in [1.82, 2.24) is 15.3 Å². The van der Waals surface area contributed by atoms with Crippen molar-refractivity contribution in [3.63, 3.8) is 0 Å². The van der Waals surface area contributed by atoms with Gasteiger partial charge in [-0.1, -0.05) is 6.07 Å². The molecule has 1 amide bonds. The molecule has 0 bridgehead atoms. The number of methoxy groups -OCH3 is 1. The summed E-state index contributed by atoms with van der Waals surface area (Å²) in [5, 5.41) is 13.1. The second-order valence-electron chi connectivity index (χ2n) is 5.85. The average Bonchev–Trinajstić information content (AvgIpc) is 2.70. The van der Waals surface area contributed by atoms with E-state index < -0.39 is 29.7 Å². The Kier molecular flexibility index (Phi) is 5.58. The van der Waals surface area contributed by atoms with Gasteiger partial charge in [0.05, 0.1) is 37.0 Å². The van der Waals surface area contributed by atoms with Crippen LogP contribution >= 0.6 is 0 Å². The summed E-state index contributed by atoms with van der Waals surface area (Å²) in [6, 6.07) is 3.56. The van der Waals surface area contributed by atoms with Crippen molar-refractivity contribution in [2.45, 2.75) is 6.17 Å². The fraction of sp³-hybridized carbons (Fsp3) is 0.167. The Morgan fingerprint density at radius 1 is 1.39 bits per heavy atom. The quantitative estimate of drug-likeness (QED) is 0.440. The number of hydrogen-bond acceptors (Lipinski definition) is 7. The van der Waals surface area contributed by atoms with Crippen LogP contribution in [0.2, 0.25) is 0 Å². The monoisotopic (exact) mass is 383 g/mol. The van der Waals surface area contributed by atoms with Gasteiger partial charge in [0.1, 0.15) is 23.7 Å². The van der Waals surface area contributed by atoms with E-state index in [1.54, 1.807) is 18.5 Å². The first-order chi connectivity index (χ1) is 13.5. The summed E-state index contributed by atoms with van der Waals surface area (Å²) in [4.78, 5) is 24.9. The van der Waals surface area contributed by atoms with Crippen LogP contribution in [0.1, 0.15) is 0 Å². The smallest absolute Gasteiger partial charge is 0.239 e. The van der Waals surface area contributed by atoms with E-state index >= 15 is 0 Å². The summed E-state index contributed by atoms with van der Waals surface area (Å²) in [6.07, 6.45) is 7.35. The van der Waals surface area contributed by atoms with Gasteiger partial charge in [0.2, 0.25) is 5.91 Å². The molecule has 0 spiro atoms. The van der Waals surface area contributed by atoms with E-state index in [1.807, 2.05) is 6.07 Å². The molecule has 144 valence electrons. The van der Waals surface area contributed by atoms with E-state index in [2.05, 4.69) is 25.6 Å². The third-order valence-electron chi connectivity index (χ3n) is 4.02. The van der Waals surface area contributed by atoms with Crippen LogP contribution < -0.4 is 21.1 Å². The van der Waals surface area contributed by atoms with E-state index in [-0.39, 0.29) is 0 Å². The molecule has 3 heterocycles. The van der Waals surface area contributed by atoms with Crippen LogP contribution in [0.25, 0.3) is 11.1 Å². The number of rotatable bonds is 6. The number of pyridine rings is 2. The Morgan fingerprint density at radius 2 is 2.21 bits per heavy atom. The Labute approximate surface area is 160 Å². The molecule has 0 aromatic carbocycles. The average molecular weight is 383 g/mol. The first-order valence-electron chi connectivity index (χ1n) is 8.23. The molecule has 9 nitrogen and oxygen atoms in total. The molecule has 3 rings (SSSR count). The Morgan fingerprint density at radius 3 is 2.82 bits per heavy atom. The zero-order valence-electron chi connectivity index (χ0n) is 14.9. The van der Waals surface area contributed by atoms with E-state index in [0.717, 1.165) is 12.4 Å². The SMILES string of the molecule is COc1cncc(NC(=O)C(C(=N)N)C2N=CC(F)=CN2)c1-c1cccnc1. The molecule has 2 aromatic rings. The standard InChI is InChI=1S/C18H18FN7O2/c1-28-13-9-23-8-12(14(13)10-3-2-4-22-5-10)26-18(27)15(16(20)21)17-24-6-11(19)7-25-17/h2-9,15,17,24H,1H3,(H3,20,21)(H,26,27). The maximum Gasteiger partial charge on any atom is 0.239 e. The molecule has 10 heteroatoms. The molecule has 1 aliphatic heterocycles. The number of aromatic nitrogens is 2. The number of carbonyl (C=O) groups is 1. The van der Waals surface area contributed by atoms with Gasteiger partial charge in [-0.2, -0.15) is 0 Å². The van der Waals surface area contributed by atoms with Gasteiger partial charge in [-0.3, -0.25) is 25.2 Å². The maximum absolute atomic E-state index is 13.1. The minimum Gasteiger partial charge on any atom is -0.494 e. The van der Waals surface area contributed by atoms with Gasteiger partial charge in [-0.15, -0.1) is 0 Å². The minimum absolute atomic E-state index is 0.352. The lowest BCUT2D eigenvalue weighted by atomic mass is 10.0. The highest BCUT2D eigenvalue weighted by Crippen LogP contribution is 2.35. The minimum atomic E-state index is -1.16. The molecule has 0 aliphatic carbocycles. The van der Waals surface area contributed by atoms with E-state index in [1.165, 1.54) is 19.5 Å². The third-order valence-corrected chi connectivity index (χ3v) is 4.02. The van der Waals surface area contributed by atoms with Crippen molar-refractivity contribution in [3.8, 4) is 16.9 Å². The third kappa shape index (κ3) is 3.95. The van der Waals surface area contributed by atoms with Crippen molar-refractivity contribution in [2.24, 2.45) is 16.6 Å². The summed E-state index contributed by atoms with van der Waals surface area (Å²) in [6.45, 7) is 0. The fourth-order valence-corrected chi connectivity index (χ4v) is 2.74. The van der Waals surface area contributed by atoms with Crippen molar-refractivity contribution in [3.05, 3.63) is 48.9 Å². The number of ether oxygens (including phenoxy) is 1. The molecular formula is C18H18FN7O2. The molecule has 1 aliphatic rings. The van der Waals surface area contributed by atoms with Crippen molar-refractivity contribution >= 4 is 23.6 Å². The van der Waals surface area contributed by atoms with Crippen molar-refractivity contribution in [2.75, 3.05) is 12.4 Å². The van der Waals surface area contributed by atoms with Crippen LogP contribution in [0.15, 0.2) is 53.9 Å². The van der Waals surface area contributed by atoms with Crippen LogP contribution in [0.4, 0.5) is 10.1 Å². The van der Waals surface area contributed by atoms with Gasteiger partial charge in [-0.25, -0.2) is 4.39 Å². The van der Waals surface area contributed by atoms with Gasteiger partial charge in [0, 0.05) is 24.2 Å². The molecule has 5 N–H and O–H groups in total. The second kappa shape index (κ2) is 8.25. The summed E-state index contributed by atoms with van der Waals surface area (Å²) in [5.41, 5.74) is 7.24. The number of nitrogens with one attached hydrogen (secondary N) is 3. The Balaban J connectivity index is 1.93. The van der Waals surface area contributed by atoms with Gasteiger partial charge >= 0.3 is 0 Å². The molecular weight excluding hydrogens is 365 g/mol. The number of aliphatic imine (C=N–C) groups is 1. The molecule has 0 saturated heterocycles. The normalized spacial score (nSPS) is 16.5. The lowest BCUT2D eigenvalue weighted by Crippen LogP contribution is -2.47. The first-order valence-corrected chi connectivity index (χ1v) is 8.23. The Hall–Kier alpha value is -3.82. The number of halogens is 1. The lowest BCUT2D eigenvalue weighted by Gasteiger charge is -2.24. The fourth-order valence-electron chi connectivity index (χ4n) is 2.74. The molecule has 28 heavy (non-hydrogen) atoms. The van der Waals surface area contributed by atoms with Gasteiger partial charge in [0.15, 0.2) is 5.83 Å². The number of amides is 1. The predicted molar refractivity (Wildman–Crippen MR) is 103 cm³/mol. The summed E-state index contributed by atoms with van der Waals surface area (Å²) < 4.78 is 18.5. The maximum atomic E-state index is 13.1. The van der Waals surface area contributed by atoms with Crippen LogP contribution in [-0.2, 0) is 4.79 Å². The highest BCUT2D eigenvalue weighted by atomic mass is 19.1. The number of hydrogen-bond donors (Lipinski definition) is 4. The van der Waals surface area contributed by atoms with Crippen LogP contribution in [0.3, 0.4) is 0 Å². The number of anilines is 1. The molecule has 2 atom stereocenters. The van der Waals surface area contributed by atoms with Gasteiger partial charge in [-0.05, 0) is 6.07 Å². The van der Waals surface area contributed by atoms with Gasteiger partial charge in [0.25, 0.3) is 0 Å². The van der Waals surface area contributed by atoms with Gasteiger partial charge < -0.3 is 21.1 Å². The number of carbonyl (C=O) groups excluding carboxylic acids is 1. The highest BCUT2D eigenvalue weighted by Gasteiger charge is 2.32. The Bertz CT molecular complexity index is 946. The second-order valence-corrected chi connectivity index (χ2v) is 5.85. The van der Waals surface area contributed by atoms with Crippen LogP contribution in [-0.4, -0.2) is 41.2 Å². The van der Waals surface area contributed by atoms with Crippen molar-refractivity contribution in [1.29, 1.82) is 5.41 Å². The van der Waals surface area contributed by atoms with Crippen LogP contribution in [0, 0.1) is 11.3 Å². The number of allylic oxidation sites excluding steroid dienone is 1. The lowest BCUT2D eigenvalue weighted by molar-refractivity contribution is -0.118. The van der Waals surface area contributed by atoms with Crippen LogP contribution in [0.5, 0.6) is 5.75 Å². The van der Waals surface area contributed by atoms with Crippen molar-refractivity contribution < 1.29 is 13.9 Å². The zero-order valence-corrected chi connectivity index (χ0v) is 14.9. The summed E-state index contributed by atoms with van der Waals surface area (Å²) in [7, 11) is 1.49. The summed E-state index contributed by atoms with van der Waals surface area (Å²) >= 11 is 0. The predicted octanol–water partition coefficient (Wildman–Crippen LogP) is 1.45. The number of amidine groups is 1. The first kappa shape index (κ1) is 19.0. The zero-order chi connectivity index (χ0) is 20.1. The summed E-state index contributed by atoms with van der Waals surface area (Å²) in [5.74, 6) is -2.33. The van der Waals surface area contributed by atoms with E-state index in [9.17, 15) is 9.18 Å². The molecule has 0 radical (unpaired) electrons. The number of nitrogens with two attached hydrogens (primary N) is 1. The highest BCUT2D eigenvalue weighted by molar-refractivity contribution is 6.09. The molecule has 0 saturated carbocycles.